The van der Waals surface area contributed by atoms with Crippen molar-refractivity contribution in [2.24, 2.45) is 5.16 Å². The van der Waals surface area contributed by atoms with Gasteiger partial charge in [0.25, 0.3) is 0 Å². The predicted molar refractivity (Wildman–Crippen MR) is 126 cm³/mol. The van der Waals surface area contributed by atoms with Gasteiger partial charge in [-0.25, -0.2) is 9.18 Å². The third kappa shape index (κ3) is 5.68. The molecule has 0 fully saturated rings. The zero-order valence-electron chi connectivity index (χ0n) is 18.6. The summed E-state index contributed by atoms with van der Waals surface area (Å²) in [5.74, 6) is 0.244. The van der Waals surface area contributed by atoms with Crippen LogP contribution in [0.15, 0.2) is 78.0 Å². The minimum absolute atomic E-state index is 0.287. The van der Waals surface area contributed by atoms with Crippen molar-refractivity contribution in [1.82, 2.24) is 4.90 Å². The third-order valence-electron chi connectivity index (χ3n) is 5.46. The van der Waals surface area contributed by atoms with Gasteiger partial charge in [-0.2, -0.15) is 0 Å². The number of oxime groups is 1. The highest BCUT2D eigenvalue weighted by Crippen LogP contribution is 2.24. The highest BCUT2D eigenvalue weighted by Gasteiger charge is 2.27. The Morgan fingerprint density at radius 2 is 1.85 bits per heavy atom. The number of benzene rings is 3. The zero-order chi connectivity index (χ0) is 23.2. The maximum absolute atomic E-state index is 13.4. The Labute approximate surface area is 192 Å². The van der Waals surface area contributed by atoms with Gasteiger partial charge in [0.1, 0.15) is 11.6 Å². The molecule has 170 valence electrons. The quantitative estimate of drug-likeness (QED) is 0.530. The second kappa shape index (κ2) is 10.2. The number of amides is 2. The first-order chi connectivity index (χ1) is 16.0. The Morgan fingerprint density at radius 1 is 1.12 bits per heavy atom. The first-order valence-corrected chi connectivity index (χ1v) is 10.7. The van der Waals surface area contributed by atoms with E-state index < -0.39 is 0 Å². The Bertz CT molecular complexity index is 1130. The first-order valence-electron chi connectivity index (χ1n) is 10.7. The largest absolute Gasteiger partial charge is 0.495 e. The van der Waals surface area contributed by atoms with Gasteiger partial charge < -0.3 is 19.8 Å². The molecule has 0 aromatic heterocycles. The van der Waals surface area contributed by atoms with Crippen LogP contribution in [0.3, 0.4) is 0 Å². The number of halogens is 1. The second-order valence-corrected chi connectivity index (χ2v) is 7.97. The lowest BCUT2D eigenvalue weighted by Crippen LogP contribution is -2.40. The Hall–Kier alpha value is -3.87. The topological polar surface area (TPSA) is 63.2 Å². The van der Waals surface area contributed by atoms with Crippen molar-refractivity contribution >= 4 is 17.4 Å². The normalized spacial score (nSPS) is 14.9. The van der Waals surface area contributed by atoms with Crippen LogP contribution in [-0.4, -0.2) is 36.4 Å². The summed E-state index contributed by atoms with van der Waals surface area (Å²) < 4.78 is 18.7. The summed E-state index contributed by atoms with van der Waals surface area (Å²) in [6, 6.07) is 21.1. The molecule has 1 N–H and O–H groups in total. The van der Waals surface area contributed by atoms with E-state index in [2.05, 4.69) is 10.5 Å². The number of anilines is 1. The highest BCUT2D eigenvalue weighted by molar-refractivity contribution is 6.01. The summed E-state index contributed by atoms with van der Waals surface area (Å²) in [6.07, 6.45) is 0.301. The Morgan fingerprint density at radius 3 is 2.58 bits per heavy atom. The fourth-order valence-electron chi connectivity index (χ4n) is 3.66. The number of hydrogen-bond donors (Lipinski definition) is 1. The van der Waals surface area contributed by atoms with Crippen molar-refractivity contribution in [3.05, 3.63) is 95.3 Å². The van der Waals surface area contributed by atoms with E-state index in [0.717, 1.165) is 16.8 Å². The number of ether oxygens (including phenoxy) is 1. The first kappa shape index (κ1) is 22.3. The zero-order valence-corrected chi connectivity index (χ0v) is 18.6. The van der Waals surface area contributed by atoms with Gasteiger partial charge in [0.15, 0.2) is 6.10 Å². The lowest BCUT2D eigenvalue weighted by molar-refractivity contribution is 0.0608. The maximum atomic E-state index is 13.4. The molecule has 2 amide bonds. The third-order valence-corrected chi connectivity index (χ3v) is 5.46. The monoisotopic (exact) mass is 447 g/mol. The van der Waals surface area contributed by atoms with Crippen molar-refractivity contribution in [1.29, 1.82) is 0 Å². The van der Waals surface area contributed by atoms with E-state index in [0.29, 0.717) is 30.9 Å². The molecule has 0 saturated heterocycles. The smallest absolute Gasteiger partial charge is 0.322 e. The van der Waals surface area contributed by atoms with E-state index >= 15 is 0 Å². The summed E-state index contributed by atoms with van der Waals surface area (Å²) >= 11 is 0. The number of nitrogens with zero attached hydrogens (tertiary/aromatic N) is 2. The molecule has 0 saturated carbocycles. The molecule has 4 rings (SSSR count). The maximum Gasteiger partial charge on any atom is 0.322 e. The van der Waals surface area contributed by atoms with Gasteiger partial charge >= 0.3 is 6.03 Å². The number of hydrogen-bond acceptors (Lipinski definition) is 4. The van der Waals surface area contributed by atoms with Crippen molar-refractivity contribution in [2.75, 3.05) is 19.0 Å². The molecular formula is C26H26FN3O3. The van der Waals surface area contributed by atoms with Gasteiger partial charge in [-0.3, -0.25) is 0 Å². The number of carbonyl (C=O) groups is 1. The van der Waals surface area contributed by atoms with E-state index in [4.69, 9.17) is 9.57 Å². The number of nitrogens with one attached hydrogen (secondary N) is 1. The van der Waals surface area contributed by atoms with E-state index in [1.807, 2.05) is 43.3 Å². The fourth-order valence-corrected chi connectivity index (χ4v) is 3.66. The van der Waals surface area contributed by atoms with Crippen molar-refractivity contribution in [2.45, 2.75) is 26.0 Å². The number of rotatable bonds is 7. The minimum Gasteiger partial charge on any atom is -0.495 e. The van der Waals surface area contributed by atoms with Gasteiger partial charge in [0.2, 0.25) is 0 Å². The number of methoxy groups -OCH3 is 1. The summed E-state index contributed by atoms with van der Waals surface area (Å²) in [5, 5.41) is 7.16. The number of urea groups is 1. The molecule has 1 heterocycles. The van der Waals surface area contributed by atoms with Gasteiger partial charge in [-0.05, 0) is 42.3 Å². The summed E-state index contributed by atoms with van der Waals surface area (Å²) in [4.78, 5) is 20.5. The van der Waals surface area contributed by atoms with Crippen LogP contribution in [0.1, 0.15) is 23.1 Å². The van der Waals surface area contributed by atoms with Crippen LogP contribution in [0, 0.1) is 12.7 Å². The standard InChI is InChI=1S/C26H26FN3O3/c1-18-7-11-20(12-8-18)24-15-22(33-29-24)17-30(16-19-9-13-21(27)14-10-19)26(31)28-23-5-3-4-6-25(23)32-2/h3-14,22H,15-17H2,1-2H3,(H,28,31)/t22-/m0/s1. The summed E-state index contributed by atoms with van der Waals surface area (Å²) in [6.45, 7) is 2.64. The van der Waals surface area contributed by atoms with Crippen LogP contribution in [0.25, 0.3) is 0 Å². The molecule has 1 aliphatic heterocycles. The molecule has 3 aromatic rings. The van der Waals surface area contributed by atoms with Crippen LogP contribution >= 0.6 is 0 Å². The van der Waals surface area contributed by atoms with Gasteiger partial charge in [0.05, 0.1) is 25.1 Å². The molecular weight excluding hydrogens is 421 g/mol. The Kier molecular flexibility index (Phi) is 6.88. The molecule has 3 aromatic carbocycles. The molecule has 6 nitrogen and oxygen atoms in total. The second-order valence-electron chi connectivity index (χ2n) is 7.97. The lowest BCUT2D eigenvalue weighted by atomic mass is 10.0. The average molecular weight is 448 g/mol. The Balaban J connectivity index is 1.48. The molecule has 0 spiro atoms. The molecule has 0 bridgehead atoms. The highest BCUT2D eigenvalue weighted by atomic mass is 19.1. The van der Waals surface area contributed by atoms with Crippen molar-refractivity contribution in [3.63, 3.8) is 0 Å². The van der Waals surface area contributed by atoms with Crippen LogP contribution in [0.2, 0.25) is 0 Å². The van der Waals surface area contributed by atoms with E-state index in [1.165, 1.54) is 17.7 Å². The van der Waals surface area contributed by atoms with Crippen molar-refractivity contribution < 1.29 is 18.8 Å². The van der Waals surface area contributed by atoms with E-state index in [1.54, 1.807) is 36.3 Å². The van der Waals surface area contributed by atoms with Crippen LogP contribution in [0.5, 0.6) is 5.75 Å². The SMILES string of the molecule is COc1ccccc1NC(=O)N(Cc1ccc(F)cc1)C[C@@H]1CC(c2ccc(C)cc2)=NO1. The van der Waals surface area contributed by atoms with Gasteiger partial charge in [-0.15, -0.1) is 0 Å². The minimum atomic E-state index is -0.320. The number of carbonyl (C=O) groups excluding carboxylic acids is 1. The molecule has 1 aliphatic rings. The van der Waals surface area contributed by atoms with Crippen LogP contribution in [-0.2, 0) is 11.4 Å². The average Bonchev–Trinajstić information content (AvgIpc) is 3.29. The van der Waals surface area contributed by atoms with E-state index in [-0.39, 0.29) is 18.0 Å². The van der Waals surface area contributed by atoms with Gasteiger partial charge in [-0.1, -0.05) is 59.3 Å². The lowest BCUT2D eigenvalue weighted by Gasteiger charge is -2.25. The van der Waals surface area contributed by atoms with E-state index in [9.17, 15) is 9.18 Å². The molecule has 0 unspecified atom stereocenters. The van der Waals surface area contributed by atoms with Crippen molar-refractivity contribution in [3.8, 4) is 5.75 Å². The number of aryl methyl sites for hydroxylation is 1. The molecule has 1 atom stereocenters. The summed E-state index contributed by atoms with van der Waals surface area (Å²) in [7, 11) is 1.55. The molecule has 0 aliphatic carbocycles. The van der Waals surface area contributed by atoms with Crippen LogP contribution < -0.4 is 10.1 Å². The molecule has 7 heteroatoms. The van der Waals surface area contributed by atoms with Crippen LogP contribution in [0.4, 0.5) is 14.9 Å². The fraction of sp³-hybridized carbons (Fsp3) is 0.231. The number of para-hydroxylation sites is 2. The van der Waals surface area contributed by atoms with Gasteiger partial charge in [0, 0.05) is 13.0 Å². The molecule has 33 heavy (non-hydrogen) atoms. The summed E-state index contributed by atoms with van der Waals surface area (Å²) in [5.41, 5.74) is 4.41. The predicted octanol–water partition coefficient (Wildman–Crippen LogP) is 5.37. The molecule has 0 radical (unpaired) electrons.